The van der Waals surface area contributed by atoms with Gasteiger partial charge in [-0.2, -0.15) is 13.2 Å². The summed E-state index contributed by atoms with van der Waals surface area (Å²) >= 11 is 0. The second kappa shape index (κ2) is 5.54. The van der Waals surface area contributed by atoms with Gasteiger partial charge in [0.05, 0.1) is 5.56 Å². The quantitative estimate of drug-likeness (QED) is 0.938. The molecule has 0 aliphatic heterocycles. The molecular weight excluding hydrogens is 271 g/mol. The molecule has 4 nitrogen and oxygen atoms in total. The Labute approximate surface area is 114 Å². The van der Waals surface area contributed by atoms with Crippen molar-refractivity contribution in [2.24, 2.45) is 5.73 Å². The summed E-state index contributed by atoms with van der Waals surface area (Å²) in [5, 5.41) is 0. The summed E-state index contributed by atoms with van der Waals surface area (Å²) < 4.78 is 46.0. The number of rotatable bonds is 4. The van der Waals surface area contributed by atoms with Gasteiger partial charge in [0.25, 0.3) is 0 Å². The molecule has 0 saturated carbocycles. The van der Waals surface area contributed by atoms with Crippen LogP contribution in [0.3, 0.4) is 0 Å². The van der Waals surface area contributed by atoms with E-state index in [1.54, 1.807) is 10.8 Å². The summed E-state index contributed by atoms with van der Waals surface area (Å²) in [4.78, 5) is 3.90. The van der Waals surface area contributed by atoms with Crippen molar-refractivity contribution in [3.05, 3.63) is 41.7 Å². The summed E-state index contributed by atoms with van der Waals surface area (Å²) in [6, 6.07) is 3.89. The van der Waals surface area contributed by atoms with Gasteiger partial charge in [0, 0.05) is 25.5 Å². The summed E-state index contributed by atoms with van der Waals surface area (Å²) in [7, 11) is 0. The Morgan fingerprint density at radius 2 is 2.10 bits per heavy atom. The standard InChI is InChI=1S/C13H14F3N3O/c1-2-19-6-5-18-12(19)20-11-4-3-9(8-17)7-10(11)13(14,15)16/h3-7H,2,8,17H2,1H3. The first-order valence-electron chi connectivity index (χ1n) is 6.05. The average Bonchev–Trinajstić information content (AvgIpc) is 2.85. The molecule has 0 atom stereocenters. The summed E-state index contributed by atoms with van der Waals surface area (Å²) in [6.07, 6.45) is -1.40. The van der Waals surface area contributed by atoms with Gasteiger partial charge in [0.2, 0.25) is 0 Å². The maximum atomic E-state index is 13.0. The zero-order valence-corrected chi connectivity index (χ0v) is 10.8. The number of hydrogen-bond acceptors (Lipinski definition) is 3. The van der Waals surface area contributed by atoms with Gasteiger partial charge in [-0.05, 0) is 24.6 Å². The second-order valence-electron chi connectivity index (χ2n) is 4.13. The summed E-state index contributed by atoms with van der Waals surface area (Å²) in [5.74, 6) is -0.282. The maximum Gasteiger partial charge on any atom is 0.419 e. The molecule has 1 heterocycles. The number of nitrogens with zero attached hydrogens (tertiary/aromatic N) is 2. The Kier molecular flexibility index (Phi) is 3.99. The van der Waals surface area contributed by atoms with Gasteiger partial charge in [-0.3, -0.25) is 0 Å². The minimum atomic E-state index is -4.51. The first-order valence-corrected chi connectivity index (χ1v) is 6.05. The third kappa shape index (κ3) is 2.93. The van der Waals surface area contributed by atoms with Crippen LogP contribution >= 0.6 is 0 Å². The third-order valence-electron chi connectivity index (χ3n) is 2.80. The van der Waals surface area contributed by atoms with E-state index in [0.717, 1.165) is 6.07 Å². The van der Waals surface area contributed by atoms with E-state index in [2.05, 4.69) is 4.98 Å². The van der Waals surface area contributed by atoms with E-state index < -0.39 is 11.7 Å². The van der Waals surface area contributed by atoms with E-state index in [-0.39, 0.29) is 18.3 Å². The molecule has 0 unspecified atom stereocenters. The average molecular weight is 285 g/mol. The zero-order chi connectivity index (χ0) is 14.8. The number of ether oxygens (including phenoxy) is 1. The Balaban J connectivity index is 2.41. The molecule has 0 radical (unpaired) electrons. The van der Waals surface area contributed by atoms with Gasteiger partial charge in [0.15, 0.2) is 0 Å². The first kappa shape index (κ1) is 14.4. The number of imidazole rings is 1. The molecule has 2 aromatic rings. The molecule has 20 heavy (non-hydrogen) atoms. The highest BCUT2D eigenvalue weighted by Gasteiger charge is 2.35. The minimum absolute atomic E-state index is 0.0347. The first-order chi connectivity index (χ1) is 9.45. The largest absolute Gasteiger partial charge is 0.425 e. The van der Waals surface area contributed by atoms with Crippen LogP contribution in [0.4, 0.5) is 13.2 Å². The normalized spacial score (nSPS) is 11.7. The third-order valence-corrected chi connectivity index (χ3v) is 2.80. The number of aromatic nitrogens is 2. The Hall–Kier alpha value is -2.02. The monoisotopic (exact) mass is 285 g/mol. The summed E-state index contributed by atoms with van der Waals surface area (Å²) in [5.41, 5.74) is 4.91. The second-order valence-corrected chi connectivity index (χ2v) is 4.13. The van der Waals surface area contributed by atoms with Crippen molar-refractivity contribution < 1.29 is 17.9 Å². The highest BCUT2D eigenvalue weighted by Crippen LogP contribution is 2.38. The van der Waals surface area contributed by atoms with Gasteiger partial charge in [-0.25, -0.2) is 4.98 Å². The van der Waals surface area contributed by atoms with Crippen LogP contribution in [0, 0.1) is 0 Å². The summed E-state index contributed by atoms with van der Waals surface area (Å²) in [6.45, 7) is 2.43. The van der Waals surface area contributed by atoms with Crippen LogP contribution in [0.5, 0.6) is 11.8 Å². The van der Waals surface area contributed by atoms with Crippen LogP contribution in [-0.4, -0.2) is 9.55 Å². The SMILES string of the molecule is CCn1ccnc1Oc1ccc(CN)cc1C(F)(F)F. The molecule has 0 fully saturated rings. The van der Waals surface area contributed by atoms with Crippen LogP contribution in [0.25, 0.3) is 0 Å². The van der Waals surface area contributed by atoms with Crippen molar-refractivity contribution in [2.75, 3.05) is 0 Å². The van der Waals surface area contributed by atoms with Gasteiger partial charge >= 0.3 is 12.2 Å². The van der Waals surface area contributed by atoms with E-state index in [9.17, 15) is 13.2 Å². The van der Waals surface area contributed by atoms with E-state index in [0.29, 0.717) is 12.1 Å². The molecule has 7 heteroatoms. The van der Waals surface area contributed by atoms with Crippen LogP contribution in [0.2, 0.25) is 0 Å². The molecule has 0 aliphatic rings. The van der Waals surface area contributed by atoms with Crippen molar-refractivity contribution in [1.29, 1.82) is 0 Å². The molecule has 2 N–H and O–H groups in total. The van der Waals surface area contributed by atoms with Gasteiger partial charge in [-0.1, -0.05) is 6.07 Å². The Morgan fingerprint density at radius 1 is 1.35 bits per heavy atom. The van der Waals surface area contributed by atoms with Crippen LogP contribution in [-0.2, 0) is 19.3 Å². The number of alkyl halides is 3. The van der Waals surface area contributed by atoms with Crippen molar-refractivity contribution >= 4 is 0 Å². The molecule has 2 rings (SSSR count). The minimum Gasteiger partial charge on any atom is -0.425 e. The fourth-order valence-corrected chi connectivity index (χ4v) is 1.75. The lowest BCUT2D eigenvalue weighted by molar-refractivity contribution is -0.138. The van der Waals surface area contributed by atoms with Gasteiger partial charge in [0.1, 0.15) is 5.75 Å². The zero-order valence-electron chi connectivity index (χ0n) is 10.8. The maximum absolute atomic E-state index is 13.0. The van der Waals surface area contributed by atoms with E-state index in [1.807, 2.05) is 6.92 Å². The number of halogens is 3. The Bertz CT molecular complexity index is 593. The smallest absolute Gasteiger partial charge is 0.419 e. The van der Waals surface area contributed by atoms with Crippen LogP contribution in [0.1, 0.15) is 18.1 Å². The molecule has 0 spiro atoms. The number of hydrogen-bond donors (Lipinski definition) is 1. The van der Waals surface area contributed by atoms with Crippen LogP contribution in [0.15, 0.2) is 30.6 Å². The van der Waals surface area contributed by atoms with E-state index in [4.69, 9.17) is 10.5 Å². The van der Waals surface area contributed by atoms with E-state index >= 15 is 0 Å². The lowest BCUT2D eigenvalue weighted by Gasteiger charge is -2.14. The van der Waals surface area contributed by atoms with Gasteiger partial charge < -0.3 is 15.0 Å². The lowest BCUT2D eigenvalue weighted by atomic mass is 10.1. The molecule has 0 saturated heterocycles. The fraction of sp³-hybridized carbons (Fsp3) is 0.308. The van der Waals surface area contributed by atoms with Crippen molar-refractivity contribution in [3.63, 3.8) is 0 Å². The van der Waals surface area contributed by atoms with E-state index in [1.165, 1.54) is 18.3 Å². The highest BCUT2D eigenvalue weighted by atomic mass is 19.4. The topological polar surface area (TPSA) is 53.1 Å². The molecule has 0 aliphatic carbocycles. The van der Waals surface area contributed by atoms with Crippen molar-refractivity contribution in [3.8, 4) is 11.8 Å². The van der Waals surface area contributed by atoms with Crippen molar-refractivity contribution in [2.45, 2.75) is 26.2 Å². The molecule has 1 aromatic carbocycles. The Morgan fingerprint density at radius 3 is 2.70 bits per heavy atom. The van der Waals surface area contributed by atoms with Crippen LogP contribution < -0.4 is 10.5 Å². The highest BCUT2D eigenvalue weighted by molar-refractivity contribution is 5.40. The van der Waals surface area contributed by atoms with Crippen molar-refractivity contribution in [1.82, 2.24) is 9.55 Å². The predicted octanol–water partition coefficient (Wildman–Crippen LogP) is 3.17. The molecule has 0 bridgehead atoms. The molecular formula is C13H14F3N3O. The fourth-order valence-electron chi connectivity index (χ4n) is 1.75. The number of aryl methyl sites for hydroxylation is 1. The number of nitrogens with two attached hydrogens (primary N) is 1. The number of benzene rings is 1. The molecule has 1 aromatic heterocycles. The molecule has 0 amide bonds. The lowest BCUT2D eigenvalue weighted by Crippen LogP contribution is -2.10. The van der Waals surface area contributed by atoms with Gasteiger partial charge in [-0.15, -0.1) is 0 Å². The molecule has 108 valence electrons. The predicted molar refractivity (Wildman–Crippen MR) is 67.3 cm³/mol.